The molecule has 0 bridgehead atoms. The number of hydrogen-bond donors (Lipinski definition) is 1. The molecule has 154 valence electrons. The molecule has 1 fully saturated rings. The van der Waals surface area contributed by atoms with E-state index in [4.69, 9.17) is 14.2 Å². The maximum absolute atomic E-state index is 12.9. The number of ether oxygens (including phenoxy) is 3. The highest BCUT2D eigenvalue weighted by atomic mass is 16.5. The molecule has 1 N–H and O–H groups in total. The first kappa shape index (κ1) is 20.3. The average molecular weight is 399 g/mol. The Kier molecular flexibility index (Phi) is 6.43. The molecule has 29 heavy (non-hydrogen) atoms. The van der Waals surface area contributed by atoms with Crippen LogP contribution in [-0.2, 0) is 0 Å². The molecule has 8 nitrogen and oxygen atoms in total. The average Bonchev–Trinajstić information content (AvgIpc) is 2.78. The first-order valence-electron chi connectivity index (χ1n) is 9.27. The molecule has 8 heteroatoms. The third-order valence-electron chi connectivity index (χ3n) is 4.80. The van der Waals surface area contributed by atoms with Gasteiger partial charge in [-0.3, -0.25) is 4.79 Å². The second-order valence-corrected chi connectivity index (χ2v) is 6.51. The number of nitrogens with one attached hydrogen (secondary N) is 1. The van der Waals surface area contributed by atoms with Crippen LogP contribution >= 0.6 is 0 Å². The van der Waals surface area contributed by atoms with Gasteiger partial charge in [0.1, 0.15) is 17.2 Å². The summed E-state index contributed by atoms with van der Waals surface area (Å²) in [5.41, 5.74) is 1.11. The Morgan fingerprint density at radius 2 is 1.41 bits per heavy atom. The molecule has 0 atom stereocenters. The van der Waals surface area contributed by atoms with Gasteiger partial charge in [0.05, 0.1) is 27.0 Å². The van der Waals surface area contributed by atoms with Crippen molar-refractivity contribution in [2.75, 3.05) is 52.8 Å². The van der Waals surface area contributed by atoms with Crippen LogP contribution in [0.25, 0.3) is 0 Å². The van der Waals surface area contributed by atoms with Gasteiger partial charge < -0.3 is 29.3 Å². The van der Waals surface area contributed by atoms with Crippen molar-refractivity contribution in [2.45, 2.75) is 0 Å². The van der Waals surface area contributed by atoms with Gasteiger partial charge >= 0.3 is 6.03 Å². The van der Waals surface area contributed by atoms with Crippen LogP contribution in [0.5, 0.6) is 17.2 Å². The van der Waals surface area contributed by atoms with Crippen LogP contribution in [0.2, 0.25) is 0 Å². The minimum Gasteiger partial charge on any atom is -0.497 e. The number of carbonyl (C=O) groups is 2. The number of benzene rings is 2. The minimum absolute atomic E-state index is 0.119. The summed E-state index contributed by atoms with van der Waals surface area (Å²) in [5.74, 6) is 1.60. The molecule has 3 amide bonds. The molecular formula is C21H25N3O5. The molecule has 0 aromatic heterocycles. The number of urea groups is 1. The number of carbonyl (C=O) groups excluding carboxylic acids is 2. The molecule has 0 aliphatic carbocycles. The van der Waals surface area contributed by atoms with E-state index in [9.17, 15) is 9.59 Å². The van der Waals surface area contributed by atoms with Gasteiger partial charge in [0.25, 0.3) is 5.91 Å². The van der Waals surface area contributed by atoms with Crippen LogP contribution in [0.15, 0.2) is 42.5 Å². The highest BCUT2D eigenvalue weighted by Crippen LogP contribution is 2.25. The molecule has 1 heterocycles. The SMILES string of the molecule is COc1cc(OC)cc(C(=O)N2CCN(C(=O)Nc3ccccc3OC)CC2)c1. The molecule has 0 unspecified atom stereocenters. The second-order valence-electron chi connectivity index (χ2n) is 6.51. The zero-order valence-corrected chi connectivity index (χ0v) is 16.8. The Balaban J connectivity index is 1.61. The predicted octanol–water partition coefficient (Wildman–Crippen LogP) is 2.70. The van der Waals surface area contributed by atoms with E-state index in [2.05, 4.69) is 5.32 Å². The van der Waals surface area contributed by atoms with Gasteiger partial charge in [-0.1, -0.05) is 12.1 Å². The fourth-order valence-electron chi connectivity index (χ4n) is 3.17. The Hall–Kier alpha value is -3.42. The van der Waals surface area contributed by atoms with Crippen molar-refractivity contribution in [2.24, 2.45) is 0 Å². The monoisotopic (exact) mass is 399 g/mol. The number of nitrogens with zero attached hydrogens (tertiary/aromatic N) is 2. The number of para-hydroxylation sites is 2. The van der Waals surface area contributed by atoms with Crippen molar-refractivity contribution in [1.82, 2.24) is 9.80 Å². The zero-order valence-electron chi connectivity index (χ0n) is 16.8. The molecule has 1 aliphatic rings. The first-order valence-corrected chi connectivity index (χ1v) is 9.27. The van der Waals surface area contributed by atoms with E-state index >= 15 is 0 Å². The Bertz CT molecular complexity index is 856. The van der Waals surface area contributed by atoms with Crippen LogP contribution in [-0.4, -0.2) is 69.2 Å². The second kappa shape index (κ2) is 9.18. The largest absolute Gasteiger partial charge is 0.497 e. The van der Waals surface area contributed by atoms with Crippen molar-refractivity contribution < 1.29 is 23.8 Å². The van der Waals surface area contributed by atoms with Gasteiger partial charge in [0.2, 0.25) is 0 Å². The maximum Gasteiger partial charge on any atom is 0.322 e. The van der Waals surface area contributed by atoms with E-state index < -0.39 is 0 Å². The summed E-state index contributed by atoms with van der Waals surface area (Å²) in [4.78, 5) is 28.8. The standard InChI is InChI=1S/C21H25N3O5/c1-27-16-12-15(13-17(14-16)28-2)20(25)23-8-10-24(11-9-23)21(26)22-18-6-4-5-7-19(18)29-3/h4-7,12-14H,8-11H2,1-3H3,(H,22,26). The summed E-state index contributed by atoms with van der Waals surface area (Å²) in [5, 5.41) is 2.86. The van der Waals surface area contributed by atoms with Gasteiger partial charge in [0, 0.05) is 37.8 Å². The summed E-state index contributed by atoms with van der Waals surface area (Å²) in [6.45, 7) is 1.76. The quantitative estimate of drug-likeness (QED) is 0.836. The topological polar surface area (TPSA) is 80.3 Å². The maximum atomic E-state index is 12.9. The minimum atomic E-state index is -0.218. The van der Waals surface area contributed by atoms with Gasteiger partial charge in [-0.05, 0) is 24.3 Å². The van der Waals surface area contributed by atoms with Crippen molar-refractivity contribution in [3.8, 4) is 17.2 Å². The number of methoxy groups -OCH3 is 3. The Morgan fingerprint density at radius 1 is 0.828 bits per heavy atom. The van der Waals surface area contributed by atoms with Gasteiger partial charge in [-0.2, -0.15) is 0 Å². The summed E-state index contributed by atoms with van der Waals surface area (Å²) in [7, 11) is 4.65. The van der Waals surface area contributed by atoms with Crippen molar-refractivity contribution >= 4 is 17.6 Å². The lowest BCUT2D eigenvalue weighted by molar-refractivity contribution is 0.0671. The van der Waals surface area contributed by atoms with E-state index in [0.717, 1.165) is 0 Å². The van der Waals surface area contributed by atoms with E-state index in [1.165, 1.54) is 0 Å². The van der Waals surface area contributed by atoms with E-state index in [-0.39, 0.29) is 11.9 Å². The molecule has 3 rings (SSSR count). The van der Waals surface area contributed by atoms with Crippen molar-refractivity contribution in [1.29, 1.82) is 0 Å². The molecule has 0 spiro atoms. The number of rotatable bonds is 5. The molecule has 1 saturated heterocycles. The smallest absolute Gasteiger partial charge is 0.322 e. The molecule has 2 aromatic carbocycles. The third-order valence-corrected chi connectivity index (χ3v) is 4.80. The van der Waals surface area contributed by atoms with Gasteiger partial charge in [0.15, 0.2) is 0 Å². The number of piperazine rings is 1. The summed E-state index contributed by atoms with van der Waals surface area (Å²) >= 11 is 0. The molecule has 0 saturated carbocycles. The first-order chi connectivity index (χ1) is 14.0. The molecule has 1 aliphatic heterocycles. The van der Waals surface area contributed by atoms with Crippen LogP contribution in [0, 0.1) is 0 Å². The number of amides is 3. The summed E-state index contributed by atoms with van der Waals surface area (Å²) in [6.07, 6.45) is 0. The lowest BCUT2D eigenvalue weighted by Crippen LogP contribution is -2.51. The lowest BCUT2D eigenvalue weighted by atomic mass is 10.1. The fraction of sp³-hybridized carbons (Fsp3) is 0.333. The Morgan fingerprint density at radius 3 is 2.00 bits per heavy atom. The van der Waals surface area contributed by atoms with Crippen molar-refractivity contribution in [3.63, 3.8) is 0 Å². The summed E-state index contributed by atoms with van der Waals surface area (Å²) < 4.78 is 15.7. The van der Waals surface area contributed by atoms with Gasteiger partial charge in [-0.15, -0.1) is 0 Å². The fourth-order valence-corrected chi connectivity index (χ4v) is 3.17. The summed E-state index contributed by atoms with van der Waals surface area (Å²) in [6, 6.07) is 12.1. The number of anilines is 1. The van der Waals surface area contributed by atoms with Gasteiger partial charge in [-0.25, -0.2) is 4.79 Å². The number of hydrogen-bond acceptors (Lipinski definition) is 5. The predicted molar refractivity (Wildman–Crippen MR) is 109 cm³/mol. The molecular weight excluding hydrogens is 374 g/mol. The lowest BCUT2D eigenvalue weighted by Gasteiger charge is -2.35. The molecule has 0 radical (unpaired) electrons. The van der Waals surface area contributed by atoms with Crippen LogP contribution in [0.1, 0.15) is 10.4 Å². The van der Waals surface area contributed by atoms with Crippen molar-refractivity contribution in [3.05, 3.63) is 48.0 Å². The highest BCUT2D eigenvalue weighted by Gasteiger charge is 2.26. The van der Waals surface area contributed by atoms with Crippen LogP contribution < -0.4 is 19.5 Å². The van der Waals surface area contributed by atoms with E-state index in [1.54, 1.807) is 61.5 Å². The zero-order chi connectivity index (χ0) is 20.8. The van der Waals surface area contributed by atoms with E-state index in [1.807, 2.05) is 12.1 Å². The van der Waals surface area contributed by atoms with Crippen LogP contribution in [0.3, 0.4) is 0 Å². The van der Waals surface area contributed by atoms with E-state index in [0.29, 0.717) is 54.7 Å². The highest BCUT2D eigenvalue weighted by molar-refractivity contribution is 5.95. The normalized spacial score (nSPS) is 13.6. The Labute approximate surface area is 170 Å². The molecule has 2 aromatic rings. The van der Waals surface area contributed by atoms with Crippen LogP contribution in [0.4, 0.5) is 10.5 Å². The third kappa shape index (κ3) is 4.71.